The first-order chi connectivity index (χ1) is 11.2. The summed E-state index contributed by atoms with van der Waals surface area (Å²) in [4.78, 5) is 10.2. The monoisotopic (exact) mass is 383 g/mol. The number of alkyl halides is 3. The van der Waals surface area contributed by atoms with Gasteiger partial charge in [0.1, 0.15) is 11.5 Å². The van der Waals surface area contributed by atoms with E-state index in [2.05, 4.69) is 5.16 Å². The maximum atomic E-state index is 12.6. The zero-order valence-electron chi connectivity index (χ0n) is 12.6. The average Bonchev–Trinajstić information content (AvgIpc) is 2.48. The number of nitro groups is 1. The summed E-state index contributed by atoms with van der Waals surface area (Å²) < 4.78 is 43.1. The molecule has 11 heteroatoms. The fraction of sp³-hybridized carbons (Fsp3) is 0.0714. The van der Waals surface area contributed by atoms with Crippen molar-refractivity contribution in [2.24, 2.45) is 5.16 Å². The van der Waals surface area contributed by atoms with Crippen molar-refractivity contribution in [3.05, 3.63) is 62.7 Å². The third kappa shape index (κ3) is 5.33. The van der Waals surface area contributed by atoms with Crippen LogP contribution in [0.3, 0.4) is 0 Å². The van der Waals surface area contributed by atoms with E-state index in [0.717, 1.165) is 24.4 Å². The van der Waals surface area contributed by atoms with Gasteiger partial charge in [0.25, 0.3) is 5.69 Å². The molecule has 126 valence electrons. The van der Waals surface area contributed by atoms with E-state index in [1.165, 1.54) is 12.1 Å². The molecule has 0 bridgehead atoms. The van der Waals surface area contributed by atoms with E-state index >= 15 is 0 Å². The Bertz CT molecular complexity index is 815. The van der Waals surface area contributed by atoms with Gasteiger partial charge >= 0.3 is 35.7 Å². The Morgan fingerprint density at radius 2 is 1.92 bits per heavy atom. The fourth-order valence-electron chi connectivity index (χ4n) is 1.81. The third-order valence-corrected chi connectivity index (χ3v) is 3.17. The molecule has 0 fully saturated rings. The first-order valence-corrected chi connectivity index (χ1v) is 6.60. The zero-order chi connectivity index (χ0) is 17.9. The van der Waals surface area contributed by atoms with Crippen LogP contribution in [0.1, 0.15) is 11.1 Å². The summed E-state index contributed by atoms with van der Waals surface area (Å²) in [5.41, 5.74) is -1.32. The van der Waals surface area contributed by atoms with Gasteiger partial charge in [0.15, 0.2) is 0 Å². The van der Waals surface area contributed by atoms with Crippen LogP contribution in [0, 0.1) is 10.1 Å². The van der Waals surface area contributed by atoms with E-state index < -0.39 is 16.7 Å². The molecule has 0 radical (unpaired) electrons. The number of hydrogen-bond acceptors (Lipinski definition) is 5. The van der Waals surface area contributed by atoms with Crippen molar-refractivity contribution >= 4 is 23.5 Å². The number of hydrogen-bond donors (Lipinski definition) is 1. The van der Waals surface area contributed by atoms with E-state index in [1.54, 1.807) is 0 Å². The van der Waals surface area contributed by atoms with Gasteiger partial charge in [-0.05, 0) is 30.3 Å². The summed E-state index contributed by atoms with van der Waals surface area (Å²) in [7, 11) is 0. The minimum absolute atomic E-state index is 0. The summed E-state index contributed by atoms with van der Waals surface area (Å²) in [5, 5.41) is 21.8. The molecule has 2 rings (SSSR count). The van der Waals surface area contributed by atoms with Gasteiger partial charge in [-0.1, -0.05) is 16.8 Å². The molecule has 0 aromatic heterocycles. The van der Waals surface area contributed by atoms with Crippen LogP contribution < -0.4 is 34.3 Å². The van der Waals surface area contributed by atoms with Gasteiger partial charge in [-0.2, -0.15) is 13.2 Å². The standard InChI is InChI=1S/C14H8ClF3N2O4.Na/c15-11-6-9(14(16,17)18)1-4-13(11)24-10-2-3-12(20(22)23)8(5-10)7-19-21;/h1-7,21H;/q;+1. The summed E-state index contributed by atoms with van der Waals surface area (Å²) in [6.07, 6.45) is -3.71. The quantitative estimate of drug-likeness (QED) is 0.287. The number of halogens is 4. The number of ether oxygens (including phenoxy) is 1. The molecule has 0 spiro atoms. The molecule has 6 nitrogen and oxygen atoms in total. The molecule has 0 heterocycles. The van der Waals surface area contributed by atoms with Crippen LogP contribution in [0.2, 0.25) is 5.02 Å². The van der Waals surface area contributed by atoms with Gasteiger partial charge in [0.05, 0.1) is 27.3 Å². The van der Waals surface area contributed by atoms with Crippen molar-refractivity contribution < 1.29 is 57.6 Å². The molecule has 0 atom stereocenters. The SMILES string of the molecule is O=[N+]([O-])c1ccc(Oc2ccc(C(F)(F)F)cc2Cl)cc1C=NO.[Na+]. The molecule has 2 aromatic carbocycles. The summed E-state index contributed by atoms with van der Waals surface area (Å²) in [5.74, 6) is 0.00238. The van der Waals surface area contributed by atoms with Crippen LogP contribution in [0.4, 0.5) is 18.9 Å². The summed E-state index contributed by atoms with van der Waals surface area (Å²) >= 11 is 5.77. The summed E-state index contributed by atoms with van der Waals surface area (Å²) in [6, 6.07) is 6.06. The Labute approximate surface area is 166 Å². The van der Waals surface area contributed by atoms with Crippen molar-refractivity contribution in [1.82, 2.24) is 0 Å². The maximum absolute atomic E-state index is 12.6. The molecule has 0 saturated heterocycles. The normalized spacial score (nSPS) is 11.2. The predicted molar refractivity (Wildman–Crippen MR) is 79.0 cm³/mol. The largest absolute Gasteiger partial charge is 1.00 e. The van der Waals surface area contributed by atoms with Crippen LogP contribution >= 0.6 is 11.6 Å². The average molecular weight is 384 g/mol. The van der Waals surface area contributed by atoms with Gasteiger partial charge in [0, 0.05) is 6.07 Å². The molecule has 0 aliphatic heterocycles. The maximum Gasteiger partial charge on any atom is 1.00 e. The Morgan fingerprint density at radius 1 is 1.24 bits per heavy atom. The van der Waals surface area contributed by atoms with Crippen LogP contribution in [0.15, 0.2) is 41.6 Å². The van der Waals surface area contributed by atoms with Crippen molar-refractivity contribution in [1.29, 1.82) is 0 Å². The molecule has 0 aliphatic rings. The first-order valence-electron chi connectivity index (χ1n) is 6.23. The van der Waals surface area contributed by atoms with Crippen molar-refractivity contribution in [3.63, 3.8) is 0 Å². The molecule has 0 saturated carbocycles. The molecule has 0 unspecified atom stereocenters. The molecule has 0 amide bonds. The molecular formula is C14H8ClF3N2NaO4+. The van der Waals surface area contributed by atoms with Crippen molar-refractivity contribution in [3.8, 4) is 11.5 Å². The Balaban J connectivity index is 0.00000312. The van der Waals surface area contributed by atoms with Gasteiger partial charge in [-0.15, -0.1) is 0 Å². The number of rotatable bonds is 4. The number of nitro benzene ring substituents is 1. The Hall–Kier alpha value is -1.81. The van der Waals surface area contributed by atoms with Crippen molar-refractivity contribution in [2.45, 2.75) is 6.18 Å². The predicted octanol–water partition coefficient (Wildman–Crippen LogP) is 1.87. The van der Waals surface area contributed by atoms with E-state index in [0.29, 0.717) is 6.07 Å². The number of benzene rings is 2. The Kier molecular flexibility index (Phi) is 7.24. The third-order valence-electron chi connectivity index (χ3n) is 2.88. The zero-order valence-corrected chi connectivity index (χ0v) is 15.4. The topological polar surface area (TPSA) is 85.0 Å². The minimum atomic E-state index is -4.54. The number of oxime groups is 1. The molecule has 1 N–H and O–H groups in total. The van der Waals surface area contributed by atoms with Crippen LogP contribution in [0.25, 0.3) is 0 Å². The van der Waals surface area contributed by atoms with Gasteiger partial charge < -0.3 is 9.94 Å². The van der Waals surface area contributed by atoms with Crippen LogP contribution in [0.5, 0.6) is 11.5 Å². The van der Waals surface area contributed by atoms with Gasteiger partial charge in [-0.25, -0.2) is 0 Å². The second-order valence-electron chi connectivity index (χ2n) is 4.47. The van der Waals surface area contributed by atoms with E-state index in [9.17, 15) is 23.3 Å². The Morgan fingerprint density at radius 3 is 2.44 bits per heavy atom. The molecule has 0 aliphatic carbocycles. The second kappa shape index (κ2) is 8.52. The van der Waals surface area contributed by atoms with E-state index in [4.69, 9.17) is 21.5 Å². The number of nitrogens with zero attached hydrogens (tertiary/aromatic N) is 2. The smallest absolute Gasteiger partial charge is 0.456 e. The molecule has 2 aromatic rings. The van der Waals surface area contributed by atoms with E-state index in [-0.39, 0.29) is 57.3 Å². The van der Waals surface area contributed by atoms with Crippen LogP contribution in [-0.2, 0) is 6.18 Å². The van der Waals surface area contributed by atoms with Crippen molar-refractivity contribution in [2.75, 3.05) is 0 Å². The molecular weight excluding hydrogens is 376 g/mol. The van der Waals surface area contributed by atoms with Crippen LogP contribution in [-0.4, -0.2) is 16.3 Å². The second-order valence-corrected chi connectivity index (χ2v) is 4.87. The summed E-state index contributed by atoms with van der Waals surface area (Å²) in [6.45, 7) is 0. The molecule has 25 heavy (non-hydrogen) atoms. The first kappa shape index (κ1) is 21.2. The van der Waals surface area contributed by atoms with Gasteiger partial charge in [0.2, 0.25) is 0 Å². The van der Waals surface area contributed by atoms with Gasteiger partial charge in [-0.3, -0.25) is 10.1 Å². The fourth-order valence-corrected chi connectivity index (χ4v) is 2.03. The van der Waals surface area contributed by atoms with E-state index in [1.807, 2.05) is 0 Å². The minimum Gasteiger partial charge on any atom is -0.456 e.